The minimum Gasteiger partial charge on any atom is -0.463 e. The normalized spacial score (nSPS) is 27.5. The van der Waals surface area contributed by atoms with Crippen molar-refractivity contribution in [3.05, 3.63) is 0 Å². The molecule has 0 radical (unpaired) electrons. The zero-order valence-electron chi connectivity index (χ0n) is 47.6. The minimum atomic E-state index is -2.23. The monoisotopic (exact) mass is 1210 g/mol. The van der Waals surface area contributed by atoms with Crippen molar-refractivity contribution < 1.29 is 143 Å². The second kappa shape index (κ2) is 33.4. The van der Waals surface area contributed by atoms with E-state index in [1.54, 1.807) is 0 Å². The number of hydrogen-bond acceptors (Lipinski definition) is 32. The predicted molar refractivity (Wildman–Crippen MR) is 269 cm³/mol. The third-order valence-corrected chi connectivity index (χ3v) is 11.5. The fourth-order valence-electron chi connectivity index (χ4n) is 8.40. The lowest BCUT2D eigenvalue weighted by atomic mass is 9.97. The summed E-state index contributed by atoms with van der Waals surface area (Å²) in [6.07, 6.45) is -26.5. The molecule has 3 fully saturated rings. The Morgan fingerprint density at radius 3 is 0.819 bits per heavy atom. The van der Waals surface area contributed by atoms with Crippen LogP contribution in [0.15, 0.2) is 0 Å². The molecule has 3 aliphatic heterocycles. The van der Waals surface area contributed by atoms with Crippen molar-refractivity contribution in [3.8, 4) is 0 Å². The summed E-state index contributed by atoms with van der Waals surface area (Å²) in [5, 5.41) is 5.52. The highest BCUT2D eigenvalue weighted by Gasteiger charge is 2.57. The van der Waals surface area contributed by atoms with E-state index in [4.69, 9.17) is 103 Å². The number of ether oxygens (including phenoxy) is 18. The highest BCUT2D eigenvalue weighted by molar-refractivity contribution is 7.80. The first-order valence-electron chi connectivity index (χ1n) is 25.4. The van der Waals surface area contributed by atoms with Gasteiger partial charge in [0.15, 0.2) is 78.9 Å². The van der Waals surface area contributed by atoms with Crippen LogP contribution in [0.1, 0.15) is 83.1 Å². The Balaban J connectivity index is 2.46. The molecule has 0 spiro atoms. The van der Waals surface area contributed by atoms with E-state index in [2.05, 4.69) is 10.6 Å². The first-order valence-corrected chi connectivity index (χ1v) is 25.8. The first-order chi connectivity index (χ1) is 38.8. The SMILES string of the molecule is CC(=O)OC[C@H]1O[C@H](OCC(CO[C@H]2O[C@H](COC(C)=O)[C@@H](OC(C)=O)[C@H](OC(C)=O)[C@@H]2OC(C)=O)(CO[C@H]2O[C@H](COC(C)=O)[C@@H](OC(C)=O)[C@H](OC(C)=O)[C@@H]2OC(C)=O)NC(=S)NCCN)[C@@H](OC(C)=O)[C@@H](OC(C)=O)[C@@H]1OC(C)=O. The molecule has 0 aliphatic carbocycles. The number of nitrogens with two attached hydrogens (primary N) is 1. The summed E-state index contributed by atoms with van der Waals surface area (Å²) >= 11 is 5.71. The fourth-order valence-corrected chi connectivity index (χ4v) is 8.72. The van der Waals surface area contributed by atoms with E-state index < -0.39 is 209 Å². The van der Waals surface area contributed by atoms with Crippen LogP contribution in [0.3, 0.4) is 0 Å². The fraction of sp³-hybridized carbons (Fsp3) is 0.735. The van der Waals surface area contributed by atoms with Crippen molar-refractivity contribution in [3.63, 3.8) is 0 Å². The molecule has 3 rings (SSSR count). The van der Waals surface area contributed by atoms with Crippen molar-refractivity contribution in [2.24, 2.45) is 5.73 Å². The molecule has 3 heterocycles. The van der Waals surface area contributed by atoms with Gasteiger partial charge in [0.25, 0.3) is 0 Å². The predicted octanol–water partition coefficient (Wildman–Crippen LogP) is -2.55. The molecule has 15 atom stereocenters. The molecular formula is C49H71N3O30S. The lowest BCUT2D eigenvalue weighted by Crippen LogP contribution is -2.67. The van der Waals surface area contributed by atoms with E-state index in [9.17, 15) is 57.5 Å². The van der Waals surface area contributed by atoms with Crippen LogP contribution in [0.2, 0.25) is 0 Å². The largest absolute Gasteiger partial charge is 0.463 e. The van der Waals surface area contributed by atoms with E-state index in [1.165, 1.54) is 0 Å². The van der Waals surface area contributed by atoms with Crippen LogP contribution in [0.5, 0.6) is 0 Å². The Kier molecular flexibility index (Phi) is 28.3. The van der Waals surface area contributed by atoms with Gasteiger partial charge in [0, 0.05) is 96.2 Å². The van der Waals surface area contributed by atoms with Crippen LogP contribution in [-0.4, -0.2) is 227 Å². The van der Waals surface area contributed by atoms with Crippen molar-refractivity contribution >= 4 is 89.0 Å². The molecule has 3 aliphatic rings. The smallest absolute Gasteiger partial charge is 0.303 e. The van der Waals surface area contributed by atoms with Crippen LogP contribution in [0.25, 0.3) is 0 Å². The van der Waals surface area contributed by atoms with Gasteiger partial charge in [-0.25, -0.2) is 0 Å². The Labute approximate surface area is 480 Å². The van der Waals surface area contributed by atoms with E-state index in [0.29, 0.717) is 0 Å². The van der Waals surface area contributed by atoms with Crippen LogP contribution in [0.4, 0.5) is 0 Å². The lowest BCUT2D eigenvalue weighted by Gasteiger charge is -2.47. The van der Waals surface area contributed by atoms with E-state index in [1.807, 2.05) is 0 Å². The van der Waals surface area contributed by atoms with Crippen LogP contribution >= 0.6 is 12.2 Å². The molecule has 468 valence electrons. The summed E-state index contributed by atoms with van der Waals surface area (Å²) in [5.74, 6) is -11.5. The van der Waals surface area contributed by atoms with E-state index in [0.717, 1.165) is 83.1 Å². The number of nitrogens with one attached hydrogen (secondary N) is 2. The number of hydrogen-bond donors (Lipinski definition) is 3. The van der Waals surface area contributed by atoms with E-state index >= 15 is 0 Å². The number of carbonyl (C=O) groups excluding carboxylic acids is 12. The molecule has 3 saturated heterocycles. The van der Waals surface area contributed by atoms with Crippen LogP contribution in [-0.2, 0) is 143 Å². The summed E-state index contributed by atoms with van der Waals surface area (Å²) in [5.41, 5.74) is 3.59. The highest BCUT2D eigenvalue weighted by atomic mass is 32.1. The van der Waals surface area contributed by atoms with Crippen molar-refractivity contribution in [1.82, 2.24) is 10.6 Å². The molecule has 0 amide bonds. The zero-order valence-corrected chi connectivity index (χ0v) is 48.4. The van der Waals surface area contributed by atoms with Crippen molar-refractivity contribution in [2.75, 3.05) is 52.7 Å². The summed E-state index contributed by atoms with van der Waals surface area (Å²) in [4.78, 5) is 151. The summed E-state index contributed by atoms with van der Waals surface area (Å²) in [7, 11) is 0. The zero-order chi connectivity index (χ0) is 62.5. The molecule has 0 bridgehead atoms. The van der Waals surface area contributed by atoms with Gasteiger partial charge in [0.05, 0.1) is 19.8 Å². The van der Waals surface area contributed by atoms with Gasteiger partial charge in [0.2, 0.25) is 0 Å². The van der Waals surface area contributed by atoms with E-state index in [-0.39, 0.29) is 18.2 Å². The second-order valence-electron chi connectivity index (χ2n) is 18.6. The van der Waals surface area contributed by atoms with Gasteiger partial charge in [-0.2, -0.15) is 0 Å². The average Bonchev–Trinajstić information content (AvgIpc) is 3.55. The van der Waals surface area contributed by atoms with Gasteiger partial charge in [-0.1, -0.05) is 0 Å². The van der Waals surface area contributed by atoms with Crippen LogP contribution < -0.4 is 16.4 Å². The maximum atomic E-state index is 12.9. The standard InChI is InChI=1S/C49H71N3O30S/c1-21(53)65-15-33-36(71-24(4)56)39(74-27(7)59)42(77-30(10)62)45(80-33)68-18-49(52-48(83)51-14-13-50,19-69-46-43(78-31(11)63)40(75-28(8)60)37(72-25(5)57)34(81-46)16-66-22(2)54)20-70-47-44(79-32(12)64)41(76-29(9)61)38(73-26(6)58)35(82-47)17-67-23(3)55/h33-47H,13-20,50H2,1-12H3,(H2,51,52,83)/t33-,34-,35-,36-,37-,38-,39+,40+,41+,42+,43+,44+,45+,46+,47+/m1/s1. The molecule has 0 aromatic rings. The Bertz CT molecular complexity index is 2110. The van der Waals surface area contributed by atoms with Crippen molar-refractivity contribution in [2.45, 2.75) is 181 Å². The number of carbonyl (C=O) groups is 12. The molecule has 0 unspecified atom stereocenters. The topological polar surface area (TPSA) is 421 Å². The summed E-state index contributed by atoms with van der Waals surface area (Å²) in [6, 6.07) is 0. The molecule has 0 saturated carbocycles. The average molecular weight is 1210 g/mol. The maximum Gasteiger partial charge on any atom is 0.303 e. The van der Waals surface area contributed by atoms with Crippen LogP contribution in [0, 0.1) is 0 Å². The molecule has 83 heavy (non-hydrogen) atoms. The summed E-state index contributed by atoms with van der Waals surface area (Å²) in [6.45, 7) is 6.94. The van der Waals surface area contributed by atoms with Crippen molar-refractivity contribution in [1.29, 1.82) is 0 Å². The Morgan fingerprint density at radius 2 is 0.602 bits per heavy atom. The third-order valence-electron chi connectivity index (χ3n) is 11.2. The molecule has 33 nitrogen and oxygen atoms in total. The third kappa shape index (κ3) is 23.3. The van der Waals surface area contributed by atoms with Gasteiger partial charge in [-0.3, -0.25) is 57.5 Å². The molecule has 0 aromatic carbocycles. The number of rotatable bonds is 27. The number of esters is 12. The Hall–Kier alpha value is -6.95. The maximum absolute atomic E-state index is 12.9. The quantitative estimate of drug-likeness (QED) is 0.0433. The van der Waals surface area contributed by atoms with Gasteiger partial charge in [0.1, 0.15) is 43.7 Å². The van der Waals surface area contributed by atoms with Gasteiger partial charge >= 0.3 is 71.6 Å². The summed E-state index contributed by atoms with van der Waals surface area (Å²) < 4.78 is 104. The minimum absolute atomic E-state index is 0.0242. The van der Waals surface area contributed by atoms with Gasteiger partial charge in [-0.05, 0) is 12.2 Å². The number of thiocarbonyl (C=S) groups is 1. The Morgan fingerprint density at radius 1 is 0.373 bits per heavy atom. The lowest BCUT2D eigenvalue weighted by molar-refractivity contribution is -0.328. The first kappa shape index (κ1) is 70.3. The molecular weight excluding hydrogens is 1140 g/mol. The molecule has 4 N–H and O–H groups in total. The van der Waals surface area contributed by atoms with Gasteiger partial charge in [-0.15, -0.1) is 0 Å². The van der Waals surface area contributed by atoms with Gasteiger partial charge < -0.3 is 102 Å². The second-order valence-corrected chi connectivity index (χ2v) is 19.0. The molecule has 34 heteroatoms. The molecule has 0 aromatic heterocycles. The highest BCUT2D eigenvalue weighted by Crippen LogP contribution is 2.35.